The normalized spacial score (nSPS) is 15.0. The van der Waals surface area contributed by atoms with Crippen molar-refractivity contribution >= 4 is 22.7 Å². The summed E-state index contributed by atoms with van der Waals surface area (Å²) in [6, 6.07) is 18.7. The Bertz CT molecular complexity index is 1050. The van der Waals surface area contributed by atoms with E-state index in [1.54, 1.807) is 20.1 Å². The Balaban J connectivity index is 1.53. The van der Waals surface area contributed by atoms with Crippen LogP contribution in [0.3, 0.4) is 0 Å². The quantitative estimate of drug-likeness (QED) is 0.590. The van der Waals surface area contributed by atoms with Crippen LogP contribution in [0.4, 0.5) is 5.69 Å². The second kappa shape index (κ2) is 9.45. The second-order valence-electron chi connectivity index (χ2n) is 8.44. The molecule has 0 aliphatic carbocycles. The Morgan fingerprint density at radius 3 is 2.65 bits per heavy atom. The van der Waals surface area contributed by atoms with Crippen molar-refractivity contribution < 1.29 is 14.6 Å². The molecular weight excluding hydrogens is 390 g/mol. The van der Waals surface area contributed by atoms with Gasteiger partial charge in [-0.1, -0.05) is 36.4 Å². The third-order valence-corrected chi connectivity index (χ3v) is 5.07. The lowest BCUT2D eigenvalue weighted by molar-refractivity contribution is 0.0268. The summed E-state index contributed by atoms with van der Waals surface area (Å²) < 4.78 is 11.2. The van der Waals surface area contributed by atoms with Gasteiger partial charge in [-0.15, -0.1) is 0 Å². The third kappa shape index (κ3) is 6.03. The molecule has 6 heteroatoms. The molecule has 3 aromatic rings. The fourth-order valence-electron chi connectivity index (χ4n) is 3.49. The molecule has 1 aromatic heterocycles. The van der Waals surface area contributed by atoms with Crippen LogP contribution in [-0.2, 0) is 11.3 Å². The summed E-state index contributed by atoms with van der Waals surface area (Å²) in [4.78, 5) is 11.4. The summed E-state index contributed by atoms with van der Waals surface area (Å²) in [7, 11) is 0. The number of pyridine rings is 1. The molecule has 0 unspecified atom stereocenters. The highest BCUT2D eigenvalue weighted by atomic mass is 16.5. The van der Waals surface area contributed by atoms with E-state index in [9.17, 15) is 5.11 Å². The van der Waals surface area contributed by atoms with E-state index >= 15 is 0 Å². The van der Waals surface area contributed by atoms with Crippen molar-refractivity contribution in [3.8, 4) is 5.88 Å². The minimum atomic E-state index is -0.930. The lowest BCUT2D eigenvalue weighted by Crippen LogP contribution is -2.36. The Morgan fingerprint density at radius 2 is 1.87 bits per heavy atom. The molecule has 0 saturated carbocycles. The molecule has 1 fully saturated rings. The number of ether oxygens (including phenoxy) is 2. The topological polar surface area (TPSA) is 67.2 Å². The van der Waals surface area contributed by atoms with Crippen molar-refractivity contribution in [2.24, 2.45) is 4.99 Å². The van der Waals surface area contributed by atoms with Gasteiger partial charge in [0, 0.05) is 31.1 Å². The number of morpholine rings is 1. The zero-order chi connectivity index (χ0) is 21.7. The summed E-state index contributed by atoms with van der Waals surface area (Å²) in [6.45, 7) is 7.22. The molecule has 2 heterocycles. The summed E-state index contributed by atoms with van der Waals surface area (Å²) in [5.74, 6) is 0.485. The number of aliphatic imine (C=N–C) groups is 1. The highest BCUT2D eigenvalue weighted by molar-refractivity contribution is 5.83. The molecule has 1 N–H and O–H groups in total. The Kier molecular flexibility index (Phi) is 6.49. The number of anilines is 1. The van der Waals surface area contributed by atoms with Crippen LogP contribution in [0.15, 0.2) is 59.6 Å². The zero-order valence-corrected chi connectivity index (χ0v) is 18.1. The third-order valence-electron chi connectivity index (χ3n) is 5.07. The van der Waals surface area contributed by atoms with Crippen molar-refractivity contribution in [1.82, 2.24) is 4.98 Å². The molecule has 162 valence electrons. The largest absolute Gasteiger partial charge is 0.475 e. The molecule has 0 radical (unpaired) electrons. The average Bonchev–Trinajstić information content (AvgIpc) is 2.78. The lowest BCUT2D eigenvalue weighted by atomic mass is 10.1. The van der Waals surface area contributed by atoms with Gasteiger partial charge in [0.25, 0.3) is 0 Å². The van der Waals surface area contributed by atoms with Crippen LogP contribution in [0.5, 0.6) is 5.88 Å². The predicted molar refractivity (Wildman–Crippen MR) is 124 cm³/mol. The second-order valence-corrected chi connectivity index (χ2v) is 8.44. The first-order valence-corrected chi connectivity index (χ1v) is 10.6. The molecule has 0 atom stereocenters. The van der Waals surface area contributed by atoms with Crippen molar-refractivity contribution in [2.75, 3.05) is 37.8 Å². The monoisotopic (exact) mass is 419 g/mol. The SMILES string of the molecule is CC(C)(O)COc1cc(N2CCOCC2)cc(C=NCc2ccc3ccccc3c2)n1. The number of rotatable bonds is 7. The summed E-state index contributed by atoms with van der Waals surface area (Å²) in [6.07, 6.45) is 1.79. The molecule has 1 saturated heterocycles. The number of aromatic nitrogens is 1. The minimum Gasteiger partial charge on any atom is -0.475 e. The number of nitrogens with zero attached hydrogens (tertiary/aromatic N) is 3. The van der Waals surface area contributed by atoms with Gasteiger partial charge in [0.15, 0.2) is 0 Å². The molecule has 1 aliphatic heterocycles. The lowest BCUT2D eigenvalue weighted by Gasteiger charge is -2.29. The van der Waals surface area contributed by atoms with E-state index in [1.165, 1.54) is 10.8 Å². The fraction of sp³-hybridized carbons (Fsp3) is 0.360. The van der Waals surface area contributed by atoms with E-state index in [0.29, 0.717) is 25.6 Å². The van der Waals surface area contributed by atoms with Gasteiger partial charge in [0.2, 0.25) is 5.88 Å². The van der Waals surface area contributed by atoms with Gasteiger partial charge >= 0.3 is 0 Å². The van der Waals surface area contributed by atoms with Gasteiger partial charge in [0.05, 0.1) is 31.1 Å². The summed E-state index contributed by atoms with van der Waals surface area (Å²) in [5.41, 5.74) is 1.98. The van der Waals surface area contributed by atoms with Crippen LogP contribution < -0.4 is 9.64 Å². The first kappa shape index (κ1) is 21.3. The molecule has 6 nitrogen and oxygen atoms in total. The van der Waals surface area contributed by atoms with Crippen LogP contribution >= 0.6 is 0 Å². The molecule has 4 rings (SSSR count). The number of benzene rings is 2. The molecule has 0 spiro atoms. The molecular formula is C25H29N3O3. The first-order chi connectivity index (χ1) is 15.0. The maximum absolute atomic E-state index is 10.0. The number of hydrogen-bond donors (Lipinski definition) is 1. The van der Waals surface area contributed by atoms with E-state index < -0.39 is 5.60 Å². The summed E-state index contributed by atoms with van der Waals surface area (Å²) in [5, 5.41) is 12.4. The summed E-state index contributed by atoms with van der Waals surface area (Å²) >= 11 is 0. The van der Waals surface area contributed by atoms with E-state index in [2.05, 4.69) is 45.2 Å². The van der Waals surface area contributed by atoms with Crippen molar-refractivity contribution in [2.45, 2.75) is 26.0 Å². The molecule has 1 aliphatic rings. The first-order valence-electron chi connectivity index (χ1n) is 10.6. The van der Waals surface area contributed by atoms with E-state index in [0.717, 1.165) is 30.0 Å². The molecule has 2 aromatic carbocycles. The van der Waals surface area contributed by atoms with Gasteiger partial charge in [-0.05, 0) is 42.3 Å². The predicted octanol–water partition coefficient (Wildman–Crippen LogP) is 3.84. The van der Waals surface area contributed by atoms with Crippen LogP contribution in [-0.4, -0.2) is 54.8 Å². The number of hydrogen-bond acceptors (Lipinski definition) is 6. The molecule has 0 amide bonds. The standard InChI is InChI=1S/C25H29N3O3/c1-25(2,29)18-31-24-15-23(28-9-11-30-12-10-28)14-22(27-24)17-26-16-19-7-8-20-5-3-4-6-21(20)13-19/h3-8,13-15,17,29H,9-12,16,18H2,1-2H3. The Labute approximate surface area is 183 Å². The molecule has 0 bridgehead atoms. The van der Waals surface area contributed by atoms with Gasteiger partial charge in [-0.3, -0.25) is 4.99 Å². The van der Waals surface area contributed by atoms with E-state index in [4.69, 9.17) is 9.47 Å². The minimum absolute atomic E-state index is 0.167. The fourth-order valence-corrected chi connectivity index (χ4v) is 3.49. The van der Waals surface area contributed by atoms with Crippen LogP contribution in [0.2, 0.25) is 0 Å². The van der Waals surface area contributed by atoms with Gasteiger partial charge < -0.3 is 19.5 Å². The van der Waals surface area contributed by atoms with E-state index in [1.807, 2.05) is 24.3 Å². The van der Waals surface area contributed by atoms with Gasteiger partial charge in [-0.2, -0.15) is 0 Å². The Morgan fingerprint density at radius 1 is 1.10 bits per heavy atom. The maximum Gasteiger partial charge on any atom is 0.216 e. The number of aliphatic hydroxyl groups is 1. The van der Waals surface area contributed by atoms with Crippen molar-refractivity contribution in [3.05, 3.63) is 65.9 Å². The zero-order valence-electron chi connectivity index (χ0n) is 18.1. The Hall–Kier alpha value is -2.96. The smallest absolute Gasteiger partial charge is 0.216 e. The van der Waals surface area contributed by atoms with Crippen molar-refractivity contribution in [1.29, 1.82) is 0 Å². The molecule has 31 heavy (non-hydrogen) atoms. The average molecular weight is 420 g/mol. The highest BCUT2D eigenvalue weighted by Gasteiger charge is 2.17. The highest BCUT2D eigenvalue weighted by Crippen LogP contribution is 2.23. The maximum atomic E-state index is 10.0. The number of fused-ring (bicyclic) bond motifs is 1. The van der Waals surface area contributed by atoms with Crippen LogP contribution in [0, 0.1) is 0 Å². The van der Waals surface area contributed by atoms with Crippen LogP contribution in [0.25, 0.3) is 10.8 Å². The van der Waals surface area contributed by atoms with Gasteiger partial charge in [-0.25, -0.2) is 4.98 Å². The van der Waals surface area contributed by atoms with Crippen LogP contribution in [0.1, 0.15) is 25.1 Å². The van der Waals surface area contributed by atoms with E-state index in [-0.39, 0.29) is 6.61 Å². The van der Waals surface area contributed by atoms with Gasteiger partial charge in [0.1, 0.15) is 6.61 Å². The van der Waals surface area contributed by atoms with Crippen molar-refractivity contribution in [3.63, 3.8) is 0 Å².